The number of benzene rings is 2. The summed E-state index contributed by atoms with van der Waals surface area (Å²) in [6, 6.07) is 13.8. The lowest BCUT2D eigenvalue weighted by atomic mass is 9.99. The molecule has 1 saturated heterocycles. The Morgan fingerprint density at radius 3 is 2.46 bits per heavy atom. The third-order valence-electron chi connectivity index (χ3n) is 5.33. The molecule has 1 fully saturated rings. The van der Waals surface area contributed by atoms with E-state index in [1.807, 2.05) is 24.3 Å². The van der Waals surface area contributed by atoms with E-state index < -0.39 is 0 Å². The lowest BCUT2D eigenvalue weighted by Crippen LogP contribution is -2.34. The van der Waals surface area contributed by atoms with Crippen LogP contribution in [-0.4, -0.2) is 29.2 Å². The van der Waals surface area contributed by atoms with Crippen LogP contribution in [0.2, 0.25) is 0 Å². The number of fused-ring (bicyclic) bond motifs is 1. The number of nitrogens with zero attached hydrogens (tertiary/aromatic N) is 3. The van der Waals surface area contributed by atoms with Crippen molar-refractivity contribution >= 4 is 22.5 Å². The summed E-state index contributed by atoms with van der Waals surface area (Å²) in [5, 5.41) is 13.3. The third kappa shape index (κ3) is 3.81. The van der Waals surface area contributed by atoms with Crippen molar-refractivity contribution in [1.82, 2.24) is 15.5 Å². The number of anilines is 1. The number of aromatic nitrogens is 2. The van der Waals surface area contributed by atoms with Crippen molar-refractivity contribution in [3.8, 4) is 0 Å². The van der Waals surface area contributed by atoms with Crippen molar-refractivity contribution in [1.29, 1.82) is 0 Å². The van der Waals surface area contributed by atoms with Crippen LogP contribution in [0.25, 0.3) is 10.8 Å². The van der Waals surface area contributed by atoms with E-state index in [-0.39, 0.29) is 11.7 Å². The first-order valence-corrected chi connectivity index (χ1v) is 9.65. The average Bonchev–Trinajstić information content (AvgIpc) is 2.73. The van der Waals surface area contributed by atoms with Gasteiger partial charge in [-0.25, -0.2) is 4.39 Å². The van der Waals surface area contributed by atoms with Gasteiger partial charge in [0.15, 0.2) is 11.5 Å². The molecule has 28 heavy (non-hydrogen) atoms. The molecule has 0 bridgehead atoms. The molecule has 1 aliphatic rings. The number of hydrogen-bond acceptors (Lipinski definition) is 4. The highest BCUT2D eigenvalue weighted by molar-refractivity contribution is 6.07. The van der Waals surface area contributed by atoms with Crippen LogP contribution in [-0.2, 0) is 6.54 Å². The molecule has 1 aromatic heterocycles. The van der Waals surface area contributed by atoms with E-state index in [1.54, 1.807) is 12.1 Å². The van der Waals surface area contributed by atoms with Crippen LogP contribution in [0.1, 0.15) is 35.8 Å². The van der Waals surface area contributed by atoms with Gasteiger partial charge in [-0.2, -0.15) is 0 Å². The highest BCUT2D eigenvalue weighted by atomic mass is 19.1. The van der Waals surface area contributed by atoms with Gasteiger partial charge >= 0.3 is 0 Å². The van der Waals surface area contributed by atoms with Crippen LogP contribution < -0.4 is 10.2 Å². The van der Waals surface area contributed by atoms with Crippen molar-refractivity contribution in [2.75, 3.05) is 18.0 Å². The summed E-state index contributed by atoms with van der Waals surface area (Å²) in [7, 11) is 0. The minimum Gasteiger partial charge on any atom is -0.355 e. The van der Waals surface area contributed by atoms with E-state index >= 15 is 0 Å². The van der Waals surface area contributed by atoms with E-state index in [9.17, 15) is 9.18 Å². The molecule has 0 radical (unpaired) electrons. The number of piperidine rings is 1. The number of carbonyl (C=O) groups is 1. The lowest BCUT2D eigenvalue weighted by Gasteiger charge is -2.31. The van der Waals surface area contributed by atoms with Gasteiger partial charge in [-0.05, 0) is 36.5 Å². The zero-order valence-corrected chi connectivity index (χ0v) is 15.9. The Morgan fingerprint density at radius 2 is 1.75 bits per heavy atom. The Bertz CT molecular complexity index is 981. The molecule has 0 spiro atoms. The van der Waals surface area contributed by atoms with Gasteiger partial charge in [0, 0.05) is 30.4 Å². The average molecular weight is 378 g/mol. The quantitative estimate of drug-likeness (QED) is 0.747. The zero-order valence-electron chi connectivity index (χ0n) is 15.9. The summed E-state index contributed by atoms with van der Waals surface area (Å²) >= 11 is 0. The molecule has 1 N–H and O–H groups in total. The topological polar surface area (TPSA) is 58.1 Å². The van der Waals surface area contributed by atoms with Crippen LogP contribution in [0.4, 0.5) is 10.2 Å². The minimum absolute atomic E-state index is 0.285. The zero-order chi connectivity index (χ0) is 19.5. The molecule has 0 atom stereocenters. The summed E-state index contributed by atoms with van der Waals surface area (Å²) in [6.45, 7) is 4.49. The molecule has 2 heterocycles. The van der Waals surface area contributed by atoms with Gasteiger partial charge in [0.25, 0.3) is 5.91 Å². The van der Waals surface area contributed by atoms with Crippen LogP contribution in [0.3, 0.4) is 0 Å². The molecule has 0 aliphatic carbocycles. The first-order valence-electron chi connectivity index (χ1n) is 9.65. The van der Waals surface area contributed by atoms with Gasteiger partial charge in [0.05, 0.1) is 0 Å². The van der Waals surface area contributed by atoms with Crippen LogP contribution in [0.15, 0.2) is 48.5 Å². The van der Waals surface area contributed by atoms with Gasteiger partial charge in [0.1, 0.15) is 5.82 Å². The molecule has 0 unspecified atom stereocenters. The van der Waals surface area contributed by atoms with Gasteiger partial charge in [-0.15, -0.1) is 10.2 Å². The van der Waals surface area contributed by atoms with Crippen molar-refractivity contribution < 1.29 is 9.18 Å². The first-order chi connectivity index (χ1) is 13.6. The highest BCUT2D eigenvalue weighted by Crippen LogP contribution is 2.29. The molecule has 144 valence electrons. The van der Waals surface area contributed by atoms with Crippen LogP contribution >= 0.6 is 0 Å². The second-order valence-electron chi connectivity index (χ2n) is 7.40. The first kappa shape index (κ1) is 18.3. The van der Waals surface area contributed by atoms with Crippen molar-refractivity contribution in [3.63, 3.8) is 0 Å². The van der Waals surface area contributed by atoms with Crippen molar-refractivity contribution in [2.24, 2.45) is 5.92 Å². The molecule has 4 rings (SSSR count). The minimum atomic E-state index is -0.297. The summed E-state index contributed by atoms with van der Waals surface area (Å²) in [6.07, 6.45) is 2.27. The third-order valence-corrected chi connectivity index (χ3v) is 5.33. The Hall–Kier alpha value is -3.02. The number of nitrogens with one attached hydrogen (secondary N) is 1. The molecule has 3 aromatic rings. The second-order valence-corrected chi connectivity index (χ2v) is 7.40. The summed E-state index contributed by atoms with van der Waals surface area (Å²) in [4.78, 5) is 15.0. The Balaban J connectivity index is 1.58. The molecule has 1 amide bonds. The monoisotopic (exact) mass is 378 g/mol. The fourth-order valence-corrected chi connectivity index (χ4v) is 3.58. The van der Waals surface area contributed by atoms with E-state index in [4.69, 9.17) is 0 Å². The van der Waals surface area contributed by atoms with Gasteiger partial charge < -0.3 is 10.2 Å². The maximum Gasteiger partial charge on any atom is 0.272 e. The van der Waals surface area contributed by atoms with Crippen molar-refractivity contribution in [3.05, 3.63) is 65.6 Å². The summed E-state index contributed by atoms with van der Waals surface area (Å²) in [5.74, 6) is 0.992. The maximum absolute atomic E-state index is 13.0. The predicted octanol–water partition coefficient (Wildman–Crippen LogP) is 3.94. The number of halogens is 1. The van der Waals surface area contributed by atoms with Crippen LogP contribution in [0, 0.1) is 11.7 Å². The summed E-state index contributed by atoms with van der Waals surface area (Å²) in [5.41, 5.74) is 1.14. The van der Waals surface area contributed by atoms with E-state index in [0.717, 1.165) is 54.0 Å². The molecule has 6 heteroatoms. The van der Waals surface area contributed by atoms with Gasteiger partial charge in [-0.1, -0.05) is 43.3 Å². The van der Waals surface area contributed by atoms with Gasteiger partial charge in [-0.3, -0.25) is 4.79 Å². The van der Waals surface area contributed by atoms with Crippen molar-refractivity contribution in [2.45, 2.75) is 26.3 Å². The molecule has 0 saturated carbocycles. The summed E-state index contributed by atoms with van der Waals surface area (Å²) < 4.78 is 13.0. The normalized spacial score (nSPS) is 15.0. The largest absolute Gasteiger partial charge is 0.355 e. The standard InChI is InChI=1S/C22H23FN4O/c1-15-10-12-27(13-11-15)21-19-5-3-2-4-18(19)20(25-26-21)22(28)24-14-16-6-8-17(23)9-7-16/h2-9,15H,10-14H2,1H3,(H,24,28). The Labute approximate surface area is 163 Å². The Kier molecular flexibility index (Phi) is 5.19. The van der Waals surface area contributed by atoms with Gasteiger partial charge in [0.2, 0.25) is 0 Å². The number of carbonyl (C=O) groups excluding carboxylic acids is 1. The smallest absolute Gasteiger partial charge is 0.272 e. The molecule has 1 aliphatic heterocycles. The van der Waals surface area contributed by atoms with E-state index in [0.29, 0.717) is 12.2 Å². The Morgan fingerprint density at radius 1 is 1.07 bits per heavy atom. The number of amides is 1. The fraction of sp³-hybridized carbons (Fsp3) is 0.318. The molecule has 5 nitrogen and oxygen atoms in total. The predicted molar refractivity (Wildman–Crippen MR) is 108 cm³/mol. The number of hydrogen-bond donors (Lipinski definition) is 1. The SMILES string of the molecule is CC1CCN(c2nnc(C(=O)NCc3ccc(F)cc3)c3ccccc23)CC1. The lowest BCUT2D eigenvalue weighted by molar-refractivity contribution is 0.0947. The molecular weight excluding hydrogens is 355 g/mol. The van der Waals surface area contributed by atoms with E-state index in [2.05, 4.69) is 27.3 Å². The van der Waals surface area contributed by atoms with E-state index in [1.165, 1.54) is 12.1 Å². The van der Waals surface area contributed by atoms with Crippen LogP contribution in [0.5, 0.6) is 0 Å². The fourth-order valence-electron chi connectivity index (χ4n) is 3.58. The second kappa shape index (κ2) is 7.92. The molecule has 2 aromatic carbocycles. The molecular formula is C22H23FN4O. The highest BCUT2D eigenvalue weighted by Gasteiger charge is 2.22. The maximum atomic E-state index is 13.0. The number of rotatable bonds is 4.